The third-order valence-electron chi connectivity index (χ3n) is 3.93. The third-order valence-corrected chi connectivity index (χ3v) is 3.93. The summed E-state index contributed by atoms with van der Waals surface area (Å²) in [5.41, 5.74) is 3.20. The molecule has 1 N–H and O–H groups in total. The maximum atomic E-state index is 5.27. The molecule has 0 radical (unpaired) electrons. The standard InChI is InChI=1S/C15H23NO/c1-5-16-14(15(3)8-9-15)13-7-6-12(17-4)10-11(13)2/h6-7,10,14,16H,5,8-9H2,1-4H3. The Morgan fingerprint density at radius 2 is 2.12 bits per heavy atom. The summed E-state index contributed by atoms with van der Waals surface area (Å²) in [5, 5.41) is 3.64. The molecule has 1 atom stereocenters. The van der Waals surface area contributed by atoms with Crippen LogP contribution in [0.3, 0.4) is 0 Å². The normalized spacial score (nSPS) is 18.8. The van der Waals surface area contributed by atoms with Crippen LogP contribution in [-0.2, 0) is 0 Å². The van der Waals surface area contributed by atoms with Gasteiger partial charge in [0.15, 0.2) is 0 Å². The first-order valence-corrected chi connectivity index (χ1v) is 6.48. The van der Waals surface area contributed by atoms with Gasteiger partial charge in [0.25, 0.3) is 0 Å². The maximum Gasteiger partial charge on any atom is 0.119 e. The second kappa shape index (κ2) is 4.69. The molecular weight excluding hydrogens is 210 g/mol. The molecule has 0 aromatic heterocycles. The van der Waals surface area contributed by atoms with Crippen molar-refractivity contribution in [3.8, 4) is 5.75 Å². The van der Waals surface area contributed by atoms with Gasteiger partial charge in [0, 0.05) is 6.04 Å². The Balaban J connectivity index is 2.29. The van der Waals surface area contributed by atoms with Crippen LogP contribution in [0.25, 0.3) is 0 Å². The summed E-state index contributed by atoms with van der Waals surface area (Å²) in [6, 6.07) is 6.90. The first kappa shape index (κ1) is 12.4. The van der Waals surface area contributed by atoms with Crippen molar-refractivity contribution in [1.82, 2.24) is 5.32 Å². The van der Waals surface area contributed by atoms with Gasteiger partial charge in [-0.25, -0.2) is 0 Å². The monoisotopic (exact) mass is 233 g/mol. The average molecular weight is 233 g/mol. The molecule has 1 aromatic rings. The predicted molar refractivity (Wildman–Crippen MR) is 71.5 cm³/mol. The zero-order valence-electron chi connectivity index (χ0n) is 11.3. The van der Waals surface area contributed by atoms with Gasteiger partial charge < -0.3 is 10.1 Å². The zero-order valence-corrected chi connectivity index (χ0v) is 11.3. The molecule has 2 heteroatoms. The number of ether oxygens (including phenoxy) is 1. The first-order valence-electron chi connectivity index (χ1n) is 6.48. The van der Waals surface area contributed by atoms with Gasteiger partial charge in [-0.1, -0.05) is 19.9 Å². The van der Waals surface area contributed by atoms with E-state index in [1.54, 1.807) is 7.11 Å². The molecule has 1 fully saturated rings. The lowest BCUT2D eigenvalue weighted by molar-refractivity contribution is 0.370. The molecule has 17 heavy (non-hydrogen) atoms. The van der Waals surface area contributed by atoms with E-state index in [1.807, 2.05) is 0 Å². The number of rotatable bonds is 5. The number of aryl methyl sites for hydroxylation is 1. The van der Waals surface area contributed by atoms with Crippen LogP contribution in [0.5, 0.6) is 5.75 Å². The topological polar surface area (TPSA) is 21.3 Å². The Morgan fingerprint density at radius 3 is 2.59 bits per heavy atom. The zero-order chi connectivity index (χ0) is 12.5. The fourth-order valence-corrected chi connectivity index (χ4v) is 2.52. The number of nitrogens with one attached hydrogen (secondary N) is 1. The molecule has 0 aliphatic heterocycles. The molecule has 1 aliphatic carbocycles. The van der Waals surface area contributed by atoms with Crippen LogP contribution in [0.4, 0.5) is 0 Å². The lowest BCUT2D eigenvalue weighted by atomic mass is 9.89. The Bertz CT molecular complexity index is 396. The molecule has 2 rings (SSSR count). The summed E-state index contributed by atoms with van der Waals surface area (Å²) in [7, 11) is 1.72. The van der Waals surface area contributed by atoms with Crippen molar-refractivity contribution in [2.75, 3.05) is 13.7 Å². The van der Waals surface area contributed by atoms with Crippen molar-refractivity contribution in [3.05, 3.63) is 29.3 Å². The largest absolute Gasteiger partial charge is 0.497 e. The van der Waals surface area contributed by atoms with Crippen LogP contribution in [0.2, 0.25) is 0 Å². The summed E-state index contributed by atoms with van der Waals surface area (Å²) in [6.07, 6.45) is 2.66. The van der Waals surface area contributed by atoms with E-state index in [-0.39, 0.29) is 0 Å². The molecule has 0 amide bonds. The smallest absolute Gasteiger partial charge is 0.119 e. The summed E-state index contributed by atoms with van der Waals surface area (Å²) >= 11 is 0. The summed E-state index contributed by atoms with van der Waals surface area (Å²) in [4.78, 5) is 0. The van der Waals surface area contributed by atoms with Crippen LogP contribution >= 0.6 is 0 Å². The van der Waals surface area contributed by atoms with Crippen molar-refractivity contribution < 1.29 is 4.74 Å². The van der Waals surface area contributed by atoms with Crippen LogP contribution in [0.15, 0.2) is 18.2 Å². The van der Waals surface area contributed by atoms with Gasteiger partial charge in [0.2, 0.25) is 0 Å². The van der Waals surface area contributed by atoms with E-state index < -0.39 is 0 Å². The van der Waals surface area contributed by atoms with Gasteiger partial charge in [0.1, 0.15) is 5.75 Å². The molecule has 94 valence electrons. The van der Waals surface area contributed by atoms with E-state index in [1.165, 1.54) is 24.0 Å². The SMILES string of the molecule is CCNC(c1ccc(OC)cc1C)C1(C)CC1. The molecule has 1 unspecified atom stereocenters. The van der Waals surface area contributed by atoms with E-state index in [2.05, 4.69) is 44.3 Å². The molecular formula is C15H23NO. The third kappa shape index (κ3) is 2.47. The van der Waals surface area contributed by atoms with Crippen molar-refractivity contribution in [2.24, 2.45) is 5.41 Å². The molecule has 0 saturated heterocycles. The van der Waals surface area contributed by atoms with Gasteiger partial charge in [0.05, 0.1) is 7.11 Å². The van der Waals surface area contributed by atoms with E-state index in [0.29, 0.717) is 11.5 Å². The van der Waals surface area contributed by atoms with Gasteiger partial charge in [-0.3, -0.25) is 0 Å². The molecule has 0 spiro atoms. The Labute approximate surface area is 104 Å². The fourth-order valence-electron chi connectivity index (χ4n) is 2.52. The first-order chi connectivity index (χ1) is 8.10. The summed E-state index contributed by atoms with van der Waals surface area (Å²) in [6.45, 7) is 7.75. The van der Waals surface area contributed by atoms with Gasteiger partial charge in [-0.15, -0.1) is 0 Å². The predicted octanol–water partition coefficient (Wildman–Crippen LogP) is 3.45. The molecule has 1 aliphatic rings. The highest BCUT2D eigenvalue weighted by Crippen LogP contribution is 2.54. The lowest BCUT2D eigenvalue weighted by Crippen LogP contribution is -2.28. The van der Waals surface area contributed by atoms with E-state index in [9.17, 15) is 0 Å². The van der Waals surface area contributed by atoms with Crippen molar-refractivity contribution in [1.29, 1.82) is 0 Å². The molecule has 2 nitrogen and oxygen atoms in total. The minimum absolute atomic E-state index is 0.454. The van der Waals surface area contributed by atoms with Crippen LogP contribution in [0.1, 0.15) is 43.9 Å². The highest BCUT2D eigenvalue weighted by atomic mass is 16.5. The number of benzene rings is 1. The molecule has 1 saturated carbocycles. The minimum Gasteiger partial charge on any atom is -0.497 e. The molecule has 1 aromatic carbocycles. The van der Waals surface area contributed by atoms with Crippen LogP contribution in [0, 0.1) is 12.3 Å². The van der Waals surface area contributed by atoms with E-state index >= 15 is 0 Å². The highest BCUT2D eigenvalue weighted by Gasteiger charge is 2.45. The van der Waals surface area contributed by atoms with E-state index in [0.717, 1.165) is 12.3 Å². The summed E-state index contributed by atoms with van der Waals surface area (Å²) < 4.78 is 5.27. The fraction of sp³-hybridized carbons (Fsp3) is 0.600. The Hall–Kier alpha value is -1.02. The van der Waals surface area contributed by atoms with Crippen LogP contribution in [-0.4, -0.2) is 13.7 Å². The molecule has 0 heterocycles. The number of methoxy groups -OCH3 is 1. The second-order valence-electron chi connectivity index (χ2n) is 5.37. The summed E-state index contributed by atoms with van der Waals surface area (Å²) in [5.74, 6) is 0.947. The van der Waals surface area contributed by atoms with E-state index in [4.69, 9.17) is 4.74 Å². The maximum absolute atomic E-state index is 5.27. The van der Waals surface area contributed by atoms with Gasteiger partial charge >= 0.3 is 0 Å². The van der Waals surface area contributed by atoms with Gasteiger partial charge in [-0.05, 0) is 55.0 Å². The Kier molecular flexibility index (Phi) is 3.43. The molecule has 0 bridgehead atoms. The average Bonchev–Trinajstić information content (AvgIpc) is 3.06. The van der Waals surface area contributed by atoms with Crippen LogP contribution < -0.4 is 10.1 Å². The number of hydrogen-bond donors (Lipinski definition) is 1. The quantitative estimate of drug-likeness (QED) is 0.841. The van der Waals surface area contributed by atoms with Gasteiger partial charge in [-0.2, -0.15) is 0 Å². The highest BCUT2D eigenvalue weighted by molar-refractivity contribution is 5.38. The second-order valence-corrected chi connectivity index (χ2v) is 5.37. The lowest BCUT2D eigenvalue weighted by Gasteiger charge is -2.26. The van der Waals surface area contributed by atoms with Crippen molar-refractivity contribution >= 4 is 0 Å². The Morgan fingerprint density at radius 1 is 1.41 bits per heavy atom. The number of hydrogen-bond acceptors (Lipinski definition) is 2. The van der Waals surface area contributed by atoms with Crippen molar-refractivity contribution in [2.45, 2.75) is 39.7 Å². The van der Waals surface area contributed by atoms with Crippen molar-refractivity contribution in [3.63, 3.8) is 0 Å². The minimum atomic E-state index is 0.454.